The summed E-state index contributed by atoms with van der Waals surface area (Å²) in [6, 6.07) is 21.0. The van der Waals surface area contributed by atoms with Gasteiger partial charge in [0.25, 0.3) is 5.78 Å². The van der Waals surface area contributed by atoms with Gasteiger partial charge < -0.3 is 4.74 Å². The van der Waals surface area contributed by atoms with Crippen molar-refractivity contribution in [1.82, 2.24) is 5.01 Å². The predicted octanol–water partition coefficient (Wildman–Crippen LogP) is 5.56. The lowest BCUT2D eigenvalue weighted by atomic mass is 9.98. The normalized spacial score (nSPS) is 17.4. The van der Waals surface area contributed by atoms with Crippen molar-refractivity contribution in [2.24, 2.45) is 5.10 Å². The molecule has 0 saturated heterocycles. The Kier molecular flexibility index (Phi) is 5.80. The zero-order valence-corrected chi connectivity index (χ0v) is 20.8. The molecule has 0 fully saturated rings. The van der Waals surface area contributed by atoms with Gasteiger partial charge in [0.2, 0.25) is 0 Å². The molecule has 0 aliphatic carbocycles. The Hall–Kier alpha value is -2.97. The Morgan fingerprint density at radius 2 is 1.73 bits per heavy atom. The Morgan fingerprint density at radius 1 is 1.00 bits per heavy atom. The number of Topliss-reactive ketones (excluding diaryl/α,β-unsaturated/α-hetero) is 1. The second-order valence-corrected chi connectivity index (χ2v) is 9.65. The van der Waals surface area contributed by atoms with E-state index in [1.54, 1.807) is 19.2 Å². The molecule has 8 heteroatoms. The summed E-state index contributed by atoms with van der Waals surface area (Å²) in [7, 11) is 1.64. The lowest BCUT2D eigenvalue weighted by Crippen LogP contribution is -2.39. The number of para-hydroxylation sites is 1. The number of hydrogen-bond acceptors (Lipinski definition) is 5. The Morgan fingerprint density at radius 3 is 2.48 bits per heavy atom. The summed E-state index contributed by atoms with van der Waals surface area (Å²) >= 11 is 6.86. The number of benzene rings is 3. The number of carbonyl (C=O) groups excluding carboxylic acids is 2. The van der Waals surface area contributed by atoms with Crippen molar-refractivity contribution in [2.75, 3.05) is 18.7 Å². The highest BCUT2D eigenvalue weighted by atomic mass is 79.9. The van der Waals surface area contributed by atoms with Crippen LogP contribution in [-0.4, -0.2) is 36.2 Å². The van der Waals surface area contributed by atoms with Crippen LogP contribution in [0, 0.1) is 0 Å². The number of hydrazone groups is 1. The van der Waals surface area contributed by atoms with Crippen LogP contribution < -0.4 is 9.64 Å². The largest absolute Gasteiger partial charge is 0.496 e. The third kappa shape index (κ3) is 3.98. The molecule has 0 bridgehead atoms. The van der Waals surface area contributed by atoms with Crippen molar-refractivity contribution in [1.29, 1.82) is 0 Å². The van der Waals surface area contributed by atoms with Gasteiger partial charge in [0.05, 0.1) is 30.1 Å². The lowest BCUT2D eigenvalue weighted by molar-refractivity contribution is -0.114. The average Bonchev–Trinajstić information content (AvgIpc) is 3.34. The molecule has 0 radical (unpaired) electrons. The van der Waals surface area contributed by atoms with E-state index < -0.39 is 11.7 Å². The van der Waals surface area contributed by atoms with Gasteiger partial charge in [0, 0.05) is 20.9 Å². The summed E-state index contributed by atoms with van der Waals surface area (Å²) < 4.78 is 7.37. The molecule has 5 rings (SSSR count). The molecule has 0 unspecified atom stereocenters. The van der Waals surface area contributed by atoms with E-state index in [2.05, 4.69) is 31.9 Å². The van der Waals surface area contributed by atoms with E-state index in [0.29, 0.717) is 17.7 Å². The number of fused-ring (bicyclic) bond motifs is 1. The van der Waals surface area contributed by atoms with Crippen molar-refractivity contribution in [3.05, 3.63) is 92.4 Å². The second kappa shape index (κ2) is 8.76. The number of halogens is 2. The minimum absolute atomic E-state index is 0.151. The van der Waals surface area contributed by atoms with E-state index in [0.717, 1.165) is 31.5 Å². The monoisotopic (exact) mass is 567 g/mol. The van der Waals surface area contributed by atoms with E-state index in [1.165, 1.54) is 4.90 Å². The summed E-state index contributed by atoms with van der Waals surface area (Å²) in [4.78, 5) is 27.0. The second-order valence-electron chi connectivity index (χ2n) is 7.82. The Balaban J connectivity index is 1.54. The van der Waals surface area contributed by atoms with E-state index in [1.807, 2.05) is 59.6 Å². The maximum absolute atomic E-state index is 12.9. The van der Waals surface area contributed by atoms with Crippen LogP contribution >= 0.6 is 31.9 Å². The molecule has 2 aliphatic heterocycles. The zero-order chi connectivity index (χ0) is 23.1. The zero-order valence-electron chi connectivity index (χ0n) is 17.7. The van der Waals surface area contributed by atoms with Gasteiger partial charge in [0.15, 0.2) is 0 Å². The maximum atomic E-state index is 12.9. The van der Waals surface area contributed by atoms with Crippen LogP contribution in [0.1, 0.15) is 33.9 Å². The number of rotatable bonds is 5. The van der Waals surface area contributed by atoms with E-state index in [4.69, 9.17) is 9.84 Å². The first kappa shape index (κ1) is 21.9. The van der Waals surface area contributed by atoms with E-state index in [9.17, 15) is 9.59 Å². The molecule has 2 heterocycles. The van der Waals surface area contributed by atoms with Gasteiger partial charge in [0.1, 0.15) is 12.4 Å². The number of carbonyl (C=O) groups is 2. The Labute approximate surface area is 208 Å². The van der Waals surface area contributed by atoms with Gasteiger partial charge in [-0.15, -0.1) is 0 Å². The van der Waals surface area contributed by atoms with Gasteiger partial charge in [-0.1, -0.05) is 62.2 Å². The minimum Gasteiger partial charge on any atom is -0.496 e. The molecule has 0 aromatic heterocycles. The highest BCUT2D eigenvalue weighted by Gasteiger charge is 2.39. The number of amides is 1. The molecular weight excluding hydrogens is 550 g/mol. The van der Waals surface area contributed by atoms with Crippen LogP contribution in [0.3, 0.4) is 0 Å². The first-order valence-corrected chi connectivity index (χ1v) is 11.9. The summed E-state index contributed by atoms with van der Waals surface area (Å²) in [6.45, 7) is 0.155. The first-order chi connectivity index (χ1) is 16.0. The molecule has 1 atom stereocenters. The third-order valence-corrected chi connectivity index (χ3v) is 6.91. The molecular formula is C25H19Br2N3O3. The highest BCUT2D eigenvalue weighted by Crippen LogP contribution is 2.39. The van der Waals surface area contributed by atoms with Crippen molar-refractivity contribution in [3.8, 4) is 5.75 Å². The van der Waals surface area contributed by atoms with Gasteiger partial charge in [-0.3, -0.25) is 19.5 Å². The standard InChI is InChI=1S/C25H19Br2N3O3/c1-33-23-5-3-2-4-18(23)22-13-20(15-6-8-16(26)9-7-15)28-30(22)14-29-21-11-10-17(27)12-19(21)24(31)25(29)32/h2-12,22H,13-14H2,1H3/t22-/m0/s1. The van der Waals surface area contributed by atoms with E-state index in [-0.39, 0.29) is 12.7 Å². The quantitative estimate of drug-likeness (QED) is 0.378. The molecule has 3 aromatic carbocycles. The van der Waals surface area contributed by atoms with Crippen LogP contribution in [0.15, 0.2) is 80.8 Å². The SMILES string of the molecule is COc1ccccc1[C@@H]1CC(c2ccc(Br)cc2)=NN1CN1C(=O)C(=O)c2cc(Br)ccc21. The van der Waals surface area contributed by atoms with Crippen LogP contribution in [-0.2, 0) is 4.79 Å². The number of anilines is 1. The lowest BCUT2D eigenvalue weighted by Gasteiger charge is -2.29. The van der Waals surface area contributed by atoms with Crippen molar-refractivity contribution in [2.45, 2.75) is 12.5 Å². The number of ether oxygens (including phenoxy) is 1. The van der Waals surface area contributed by atoms with Gasteiger partial charge in [-0.25, -0.2) is 0 Å². The molecule has 3 aromatic rings. The average molecular weight is 569 g/mol. The van der Waals surface area contributed by atoms with Crippen LogP contribution in [0.2, 0.25) is 0 Å². The topological polar surface area (TPSA) is 62.2 Å². The first-order valence-electron chi connectivity index (χ1n) is 10.3. The molecule has 0 N–H and O–H groups in total. The summed E-state index contributed by atoms with van der Waals surface area (Å²) in [5.74, 6) is -0.293. The predicted molar refractivity (Wildman–Crippen MR) is 134 cm³/mol. The van der Waals surface area contributed by atoms with Crippen molar-refractivity contribution < 1.29 is 14.3 Å². The van der Waals surface area contributed by atoms with Crippen molar-refractivity contribution >= 4 is 54.9 Å². The minimum atomic E-state index is -0.547. The molecule has 1 amide bonds. The Bertz CT molecular complexity index is 1290. The highest BCUT2D eigenvalue weighted by molar-refractivity contribution is 9.10. The molecule has 0 saturated carbocycles. The number of hydrogen-bond donors (Lipinski definition) is 0. The maximum Gasteiger partial charge on any atom is 0.301 e. The molecule has 166 valence electrons. The molecule has 6 nitrogen and oxygen atoms in total. The van der Waals surface area contributed by atoms with Crippen LogP contribution in [0.4, 0.5) is 5.69 Å². The molecule has 0 spiro atoms. The smallest absolute Gasteiger partial charge is 0.301 e. The summed E-state index contributed by atoms with van der Waals surface area (Å²) in [5.41, 5.74) is 3.89. The fourth-order valence-electron chi connectivity index (χ4n) is 4.27. The summed E-state index contributed by atoms with van der Waals surface area (Å²) in [6.07, 6.45) is 0.644. The number of ketones is 1. The van der Waals surface area contributed by atoms with Crippen molar-refractivity contribution in [3.63, 3.8) is 0 Å². The number of methoxy groups -OCH3 is 1. The summed E-state index contributed by atoms with van der Waals surface area (Å²) in [5, 5.41) is 6.77. The molecule has 2 aliphatic rings. The van der Waals surface area contributed by atoms with Gasteiger partial charge >= 0.3 is 5.91 Å². The van der Waals surface area contributed by atoms with Gasteiger partial charge in [-0.05, 0) is 42.0 Å². The fourth-order valence-corrected chi connectivity index (χ4v) is 4.90. The third-order valence-electron chi connectivity index (χ3n) is 5.89. The van der Waals surface area contributed by atoms with Crippen LogP contribution in [0.5, 0.6) is 5.75 Å². The van der Waals surface area contributed by atoms with Gasteiger partial charge in [-0.2, -0.15) is 5.10 Å². The van der Waals surface area contributed by atoms with E-state index >= 15 is 0 Å². The van der Waals surface area contributed by atoms with Crippen LogP contribution in [0.25, 0.3) is 0 Å². The number of nitrogens with zero attached hydrogens (tertiary/aromatic N) is 3. The molecule has 33 heavy (non-hydrogen) atoms. The fraction of sp³-hybridized carbons (Fsp3) is 0.160.